The van der Waals surface area contributed by atoms with Crippen molar-refractivity contribution in [1.29, 1.82) is 0 Å². The Kier molecular flexibility index (Phi) is 4.10. The van der Waals surface area contributed by atoms with Gasteiger partial charge in [-0.3, -0.25) is 0 Å². The summed E-state index contributed by atoms with van der Waals surface area (Å²) < 4.78 is 5.25. The van der Waals surface area contributed by atoms with Crippen LogP contribution >= 0.6 is 11.8 Å². The molecule has 0 saturated carbocycles. The molecule has 1 aromatic rings. The number of hydrogen-bond acceptors (Lipinski definition) is 5. The largest absolute Gasteiger partial charge is 0.424 e. The molecule has 0 spiro atoms. The quantitative estimate of drug-likeness (QED) is 0.694. The van der Waals surface area contributed by atoms with E-state index < -0.39 is 0 Å². The summed E-state index contributed by atoms with van der Waals surface area (Å²) in [5.41, 5.74) is 0. The molecule has 0 radical (unpaired) electrons. The van der Waals surface area contributed by atoms with Gasteiger partial charge in [0.05, 0.1) is 12.4 Å². The van der Waals surface area contributed by atoms with Crippen molar-refractivity contribution in [1.82, 2.24) is 10.2 Å². The van der Waals surface area contributed by atoms with Crippen LogP contribution < -0.4 is 0 Å². The summed E-state index contributed by atoms with van der Waals surface area (Å²) in [6.07, 6.45) is 0.775. The number of aryl methyl sites for hydroxylation is 1. The van der Waals surface area contributed by atoms with E-state index in [1.54, 1.807) is 11.8 Å². The number of aromatic nitrogens is 2. The second kappa shape index (κ2) is 5.16. The van der Waals surface area contributed by atoms with Crippen molar-refractivity contribution in [2.24, 2.45) is 0 Å². The van der Waals surface area contributed by atoms with Crippen molar-refractivity contribution in [2.45, 2.75) is 19.1 Å². The highest BCUT2D eigenvalue weighted by atomic mass is 32.2. The Hall–Kier alpha value is -0.550. The van der Waals surface area contributed by atoms with Gasteiger partial charge >= 0.3 is 0 Å². The van der Waals surface area contributed by atoms with Gasteiger partial charge in [-0.15, -0.1) is 22.0 Å². The summed E-state index contributed by atoms with van der Waals surface area (Å²) in [6.45, 7) is 2.16. The molecule has 1 N–H and O–H groups in total. The van der Waals surface area contributed by atoms with E-state index in [-0.39, 0.29) is 6.61 Å². The van der Waals surface area contributed by atoms with Crippen LogP contribution in [0.5, 0.6) is 0 Å². The second-order valence-electron chi connectivity index (χ2n) is 2.22. The van der Waals surface area contributed by atoms with E-state index >= 15 is 0 Å². The summed E-state index contributed by atoms with van der Waals surface area (Å²) in [7, 11) is 0. The standard InChI is InChI=1S/C7H12N2O2S/c1-2-6-8-9-7(11-6)5-12-4-3-10/h10H,2-5H2,1H3. The summed E-state index contributed by atoms with van der Waals surface area (Å²) in [5.74, 6) is 2.72. The maximum absolute atomic E-state index is 8.51. The van der Waals surface area contributed by atoms with Gasteiger partial charge in [-0.2, -0.15) is 0 Å². The Morgan fingerprint density at radius 2 is 2.17 bits per heavy atom. The molecule has 1 heterocycles. The number of hydrogen-bond donors (Lipinski definition) is 1. The zero-order chi connectivity index (χ0) is 8.81. The highest BCUT2D eigenvalue weighted by Crippen LogP contribution is 2.10. The fraction of sp³-hybridized carbons (Fsp3) is 0.714. The third kappa shape index (κ3) is 2.83. The molecule has 68 valence electrons. The molecule has 0 fully saturated rings. The number of rotatable bonds is 5. The third-order valence-electron chi connectivity index (χ3n) is 1.27. The smallest absolute Gasteiger partial charge is 0.226 e. The molecule has 0 aromatic carbocycles. The number of aliphatic hydroxyl groups excluding tert-OH is 1. The minimum absolute atomic E-state index is 0.194. The predicted molar refractivity (Wildman–Crippen MR) is 46.9 cm³/mol. The van der Waals surface area contributed by atoms with Gasteiger partial charge in [0.25, 0.3) is 0 Å². The molecule has 0 aliphatic heterocycles. The molecule has 4 nitrogen and oxygen atoms in total. The van der Waals surface area contributed by atoms with Gasteiger partial charge in [-0.25, -0.2) is 0 Å². The average Bonchev–Trinajstić information content (AvgIpc) is 2.53. The minimum atomic E-state index is 0.194. The van der Waals surface area contributed by atoms with Crippen LogP contribution in [0.4, 0.5) is 0 Å². The van der Waals surface area contributed by atoms with Crippen LogP contribution in [0, 0.1) is 0 Å². The SMILES string of the molecule is CCc1nnc(CSCCO)o1. The van der Waals surface area contributed by atoms with Gasteiger partial charge in [0.15, 0.2) is 0 Å². The summed E-state index contributed by atoms with van der Waals surface area (Å²) in [5, 5.41) is 16.2. The lowest BCUT2D eigenvalue weighted by Crippen LogP contribution is -1.87. The molecule has 0 saturated heterocycles. The van der Waals surface area contributed by atoms with E-state index in [2.05, 4.69) is 10.2 Å². The lowest BCUT2D eigenvalue weighted by molar-refractivity contribution is 0.322. The van der Waals surface area contributed by atoms with E-state index in [4.69, 9.17) is 9.52 Å². The highest BCUT2D eigenvalue weighted by molar-refractivity contribution is 7.98. The molecule has 0 atom stereocenters. The van der Waals surface area contributed by atoms with Crippen LogP contribution in [-0.2, 0) is 12.2 Å². The van der Waals surface area contributed by atoms with E-state index in [1.165, 1.54) is 0 Å². The first-order chi connectivity index (χ1) is 5.86. The molecule has 0 aliphatic rings. The van der Waals surface area contributed by atoms with Gasteiger partial charge in [-0.1, -0.05) is 6.92 Å². The van der Waals surface area contributed by atoms with Crippen molar-refractivity contribution in [3.63, 3.8) is 0 Å². The topological polar surface area (TPSA) is 59.2 Å². The second-order valence-corrected chi connectivity index (χ2v) is 3.32. The zero-order valence-corrected chi connectivity index (χ0v) is 7.80. The Morgan fingerprint density at radius 3 is 2.75 bits per heavy atom. The van der Waals surface area contributed by atoms with E-state index in [1.807, 2.05) is 6.92 Å². The molecule has 0 aliphatic carbocycles. The Balaban J connectivity index is 2.31. The van der Waals surface area contributed by atoms with E-state index in [0.717, 1.165) is 6.42 Å². The lowest BCUT2D eigenvalue weighted by atomic mass is 10.5. The first-order valence-electron chi connectivity index (χ1n) is 3.86. The molecule has 1 aromatic heterocycles. The van der Waals surface area contributed by atoms with Crippen molar-refractivity contribution in [3.8, 4) is 0 Å². The maximum atomic E-state index is 8.51. The van der Waals surface area contributed by atoms with Crippen molar-refractivity contribution in [3.05, 3.63) is 11.8 Å². The van der Waals surface area contributed by atoms with E-state index in [0.29, 0.717) is 23.3 Å². The Labute approximate surface area is 75.4 Å². The number of aliphatic hydroxyl groups is 1. The summed E-state index contributed by atoms with van der Waals surface area (Å²) >= 11 is 1.58. The molecule has 12 heavy (non-hydrogen) atoms. The maximum Gasteiger partial charge on any atom is 0.226 e. The first kappa shape index (κ1) is 9.54. The van der Waals surface area contributed by atoms with Crippen LogP contribution in [-0.4, -0.2) is 27.7 Å². The predicted octanol–water partition coefficient (Wildman–Crippen LogP) is 0.857. The average molecular weight is 188 g/mol. The zero-order valence-electron chi connectivity index (χ0n) is 6.99. The fourth-order valence-corrected chi connectivity index (χ4v) is 1.28. The van der Waals surface area contributed by atoms with Crippen LogP contribution in [0.25, 0.3) is 0 Å². The summed E-state index contributed by atoms with van der Waals surface area (Å²) in [4.78, 5) is 0. The van der Waals surface area contributed by atoms with Crippen LogP contribution in [0.15, 0.2) is 4.42 Å². The van der Waals surface area contributed by atoms with Gasteiger partial charge in [0, 0.05) is 12.2 Å². The number of thioether (sulfide) groups is 1. The molecule has 0 bridgehead atoms. The van der Waals surface area contributed by atoms with Crippen molar-refractivity contribution in [2.75, 3.05) is 12.4 Å². The first-order valence-corrected chi connectivity index (χ1v) is 5.02. The highest BCUT2D eigenvalue weighted by Gasteiger charge is 2.02. The monoisotopic (exact) mass is 188 g/mol. The van der Waals surface area contributed by atoms with E-state index in [9.17, 15) is 0 Å². The van der Waals surface area contributed by atoms with Gasteiger partial charge in [0.2, 0.25) is 11.8 Å². The van der Waals surface area contributed by atoms with Gasteiger partial charge in [0.1, 0.15) is 0 Å². The molecular formula is C7H12N2O2S. The Bertz CT molecular complexity index is 227. The molecule has 0 unspecified atom stereocenters. The van der Waals surface area contributed by atoms with Gasteiger partial charge < -0.3 is 9.52 Å². The molecule has 0 amide bonds. The van der Waals surface area contributed by atoms with Crippen LogP contribution in [0.2, 0.25) is 0 Å². The Morgan fingerprint density at radius 1 is 1.42 bits per heavy atom. The minimum Gasteiger partial charge on any atom is -0.424 e. The molecular weight excluding hydrogens is 176 g/mol. The molecule has 5 heteroatoms. The van der Waals surface area contributed by atoms with Crippen LogP contribution in [0.1, 0.15) is 18.7 Å². The lowest BCUT2D eigenvalue weighted by Gasteiger charge is -1.92. The normalized spacial score (nSPS) is 10.5. The third-order valence-corrected chi connectivity index (χ3v) is 2.19. The number of nitrogens with zero attached hydrogens (tertiary/aromatic N) is 2. The molecule has 1 rings (SSSR count). The van der Waals surface area contributed by atoms with Crippen LogP contribution in [0.3, 0.4) is 0 Å². The van der Waals surface area contributed by atoms with Gasteiger partial charge in [-0.05, 0) is 0 Å². The van der Waals surface area contributed by atoms with Crippen molar-refractivity contribution >= 4 is 11.8 Å². The van der Waals surface area contributed by atoms with Crippen molar-refractivity contribution < 1.29 is 9.52 Å². The summed E-state index contributed by atoms with van der Waals surface area (Å²) in [6, 6.07) is 0. The fourth-order valence-electron chi connectivity index (χ4n) is 0.714.